The molecule has 4 aromatic rings. The quantitative estimate of drug-likeness (QED) is 0.320. The number of rotatable bonds is 10. The van der Waals surface area contributed by atoms with Crippen molar-refractivity contribution in [3.8, 4) is 5.75 Å². The number of hydrogen-bond acceptors (Lipinski definition) is 8. The van der Waals surface area contributed by atoms with Gasteiger partial charge in [-0.25, -0.2) is 13.4 Å². The number of ether oxygens (including phenoxy) is 1. The number of sulfonamides is 1. The Labute approximate surface area is 223 Å². The van der Waals surface area contributed by atoms with E-state index >= 15 is 0 Å². The molecule has 2 N–H and O–H groups in total. The maximum absolute atomic E-state index is 12.9. The third-order valence-corrected chi connectivity index (χ3v) is 7.84. The minimum atomic E-state index is -3.47. The van der Waals surface area contributed by atoms with Crippen molar-refractivity contribution in [2.75, 3.05) is 62.3 Å². The fourth-order valence-electron chi connectivity index (χ4n) is 4.69. The molecule has 38 heavy (non-hydrogen) atoms. The summed E-state index contributed by atoms with van der Waals surface area (Å²) in [6.07, 6.45) is 5.01. The number of para-hydroxylation sites is 1. The summed E-state index contributed by atoms with van der Waals surface area (Å²) in [5.74, 6) is 1.20. The van der Waals surface area contributed by atoms with Crippen molar-refractivity contribution < 1.29 is 13.2 Å². The highest BCUT2D eigenvalue weighted by Crippen LogP contribution is 2.26. The standard InChI is InChI=1S/C27H33N7O3S/c1-37-24-8-5-7-23(18-24)30-27-29-19-21-10-13-33(26(21)31-27)20-22-6-3-4-9-25(22)34(38(2,35)36)17-16-32-14-11-28-12-15-32/h3-10,13,18-19,28H,11-12,14-17,20H2,1-2H3,(H,29,30,31). The maximum atomic E-state index is 12.9. The molecule has 0 aliphatic carbocycles. The van der Waals surface area contributed by atoms with Gasteiger partial charge in [-0.1, -0.05) is 24.3 Å². The number of fused-ring (bicyclic) bond motifs is 1. The van der Waals surface area contributed by atoms with Crippen LogP contribution >= 0.6 is 0 Å². The lowest BCUT2D eigenvalue weighted by atomic mass is 10.1. The van der Waals surface area contributed by atoms with Crippen molar-refractivity contribution in [2.24, 2.45) is 0 Å². The number of piperazine rings is 1. The van der Waals surface area contributed by atoms with Gasteiger partial charge in [-0.05, 0) is 29.8 Å². The number of benzene rings is 2. The molecule has 0 amide bonds. The SMILES string of the molecule is COc1cccc(Nc2ncc3ccn(Cc4ccccc4N(CCN4CCNCC4)S(C)(=O)=O)c3n2)c1. The summed E-state index contributed by atoms with van der Waals surface area (Å²) >= 11 is 0. The summed E-state index contributed by atoms with van der Waals surface area (Å²) < 4.78 is 34.6. The monoisotopic (exact) mass is 535 g/mol. The van der Waals surface area contributed by atoms with E-state index in [4.69, 9.17) is 9.72 Å². The number of nitrogens with zero attached hydrogens (tertiary/aromatic N) is 5. The van der Waals surface area contributed by atoms with Crippen LogP contribution in [0.4, 0.5) is 17.3 Å². The molecule has 0 unspecified atom stereocenters. The molecule has 0 spiro atoms. The van der Waals surface area contributed by atoms with Gasteiger partial charge in [0.15, 0.2) is 0 Å². The van der Waals surface area contributed by atoms with Gasteiger partial charge >= 0.3 is 0 Å². The van der Waals surface area contributed by atoms with Crippen LogP contribution in [0.2, 0.25) is 0 Å². The summed E-state index contributed by atoms with van der Waals surface area (Å²) in [5.41, 5.74) is 3.17. The minimum absolute atomic E-state index is 0.402. The first kappa shape index (κ1) is 26.0. The van der Waals surface area contributed by atoms with Gasteiger partial charge in [0.1, 0.15) is 11.4 Å². The Bertz CT molecular complexity index is 1500. The summed E-state index contributed by atoms with van der Waals surface area (Å²) in [4.78, 5) is 11.5. The topological polar surface area (TPSA) is 105 Å². The molecule has 200 valence electrons. The van der Waals surface area contributed by atoms with Gasteiger partial charge < -0.3 is 19.9 Å². The molecule has 0 atom stereocenters. The lowest BCUT2D eigenvalue weighted by molar-refractivity contribution is 0.248. The van der Waals surface area contributed by atoms with Gasteiger partial charge in [-0.3, -0.25) is 9.21 Å². The summed E-state index contributed by atoms with van der Waals surface area (Å²) in [6, 6.07) is 17.2. The fourth-order valence-corrected chi connectivity index (χ4v) is 5.64. The normalized spacial score (nSPS) is 14.5. The van der Waals surface area contributed by atoms with Crippen molar-refractivity contribution in [3.63, 3.8) is 0 Å². The number of aromatic nitrogens is 3. The van der Waals surface area contributed by atoms with Crippen LogP contribution in [-0.2, 0) is 16.6 Å². The third kappa shape index (κ3) is 6.07. The number of methoxy groups -OCH3 is 1. The molecule has 5 rings (SSSR count). The highest BCUT2D eigenvalue weighted by Gasteiger charge is 2.22. The smallest absolute Gasteiger partial charge is 0.232 e. The summed E-state index contributed by atoms with van der Waals surface area (Å²) in [5, 5.41) is 7.48. The van der Waals surface area contributed by atoms with Crippen molar-refractivity contribution >= 4 is 38.4 Å². The van der Waals surface area contributed by atoms with E-state index in [0.717, 1.165) is 54.2 Å². The maximum Gasteiger partial charge on any atom is 0.232 e. The first-order chi connectivity index (χ1) is 18.4. The van der Waals surface area contributed by atoms with Gasteiger partial charge in [0.25, 0.3) is 0 Å². The molecule has 2 aromatic carbocycles. The zero-order valence-electron chi connectivity index (χ0n) is 21.7. The van der Waals surface area contributed by atoms with E-state index in [0.29, 0.717) is 31.3 Å². The zero-order chi connectivity index (χ0) is 26.5. The lowest BCUT2D eigenvalue weighted by Crippen LogP contribution is -2.47. The van der Waals surface area contributed by atoms with E-state index in [1.165, 1.54) is 10.6 Å². The number of anilines is 3. The van der Waals surface area contributed by atoms with E-state index in [2.05, 4.69) is 20.5 Å². The molecule has 1 saturated heterocycles. The summed E-state index contributed by atoms with van der Waals surface area (Å²) in [6.45, 7) is 5.23. The highest BCUT2D eigenvalue weighted by atomic mass is 32.2. The number of hydrogen-bond donors (Lipinski definition) is 2. The fraction of sp³-hybridized carbons (Fsp3) is 0.333. The second-order valence-electron chi connectivity index (χ2n) is 9.33. The Hall–Kier alpha value is -3.67. The number of nitrogens with one attached hydrogen (secondary N) is 2. The minimum Gasteiger partial charge on any atom is -0.497 e. The van der Waals surface area contributed by atoms with Crippen molar-refractivity contribution in [1.29, 1.82) is 0 Å². The molecule has 1 aliphatic heterocycles. The Kier molecular flexibility index (Phi) is 7.77. The van der Waals surface area contributed by atoms with Gasteiger partial charge in [0.2, 0.25) is 16.0 Å². The van der Waals surface area contributed by atoms with E-state index < -0.39 is 10.0 Å². The highest BCUT2D eigenvalue weighted by molar-refractivity contribution is 7.92. The van der Waals surface area contributed by atoms with Crippen molar-refractivity contribution in [3.05, 3.63) is 72.6 Å². The molecule has 10 nitrogen and oxygen atoms in total. The molecule has 3 heterocycles. The molecule has 1 aliphatic rings. The van der Waals surface area contributed by atoms with Crippen LogP contribution in [0.5, 0.6) is 5.75 Å². The van der Waals surface area contributed by atoms with E-state index in [1.807, 2.05) is 65.4 Å². The average molecular weight is 536 g/mol. The molecular formula is C27H33N7O3S. The van der Waals surface area contributed by atoms with Crippen LogP contribution in [0.3, 0.4) is 0 Å². The van der Waals surface area contributed by atoms with Gasteiger partial charge in [0, 0.05) is 68.8 Å². The Morgan fingerprint density at radius 1 is 1.11 bits per heavy atom. The van der Waals surface area contributed by atoms with E-state index in [1.54, 1.807) is 13.3 Å². The van der Waals surface area contributed by atoms with E-state index in [-0.39, 0.29) is 0 Å². The van der Waals surface area contributed by atoms with Crippen LogP contribution in [0.15, 0.2) is 67.0 Å². The molecule has 1 fully saturated rings. The Morgan fingerprint density at radius 2 is 1.92 bits per heavy atom. The first-order valence-corrected chi connectivity index (χ1v) is 14.5. The predicted octanol–water partition coefficient (Wildman–Crippen LogP) is 2.90. The molecule has 0 bridgehead atoms. The molecule has 2 aromatic heterocycles. The average Bonchev–Trinajstić information content (AvgIpc) is 3.31. The van der Waals surface area contributed by atoms with Gasteiger partial charge in [0.05, 0.1) is 25.6 Å². The molecule has 11 heteroatoms. The van der Waals surface area contributed by atoms with Crippen LogP contribution in [0.25, 0.3) is 11.0 Å². The van der Waals surface area contributed by atoms with Gasteiger partial charge in [-0.15, -0.1) is 0 Å². The van der Waals surface area contributed by atoms with Crippen LogP contribution in [-0.4, -0.2) is 80.5 Å². The van der Waals surface area contributed by atoms with Crippen LogP contribution in [0.1, 0.15) is 5.56 Å². The van der Waals surface area contributed by atoms with Gasteiger partial charge in [-0.2, -0.15) is 4.98 Å². The van der Waals surface area contributed by atoms with Crippen LogP contribution < -0.4 is 19.7 Å². The first-order valence-electron chi connectivity index (χ1n) is 12.6. The summed E-state index contributed by atoms with van der Waals surface area (Å²) in [7, 11) is -1.85. The van der Waals surface area contributed by atoms with E-state index in [9.17, 15) is 8.42 Å². The molecule has 0 saturated carbocycles. The zero-order valence-corrected chi connectivity index (χ0v) is 22.5. The second kappa shape index (κ2) is 11.4. The van der Waals surface area contributed by atoms with Crippen molar-refractivity contribution in [1.82, 2.24) is 24.8 Å². The second-order valence-corrected chi connectivity index (χ2v) is 11.2. The Balaban J connectivity index is 1.41. The predicted molar refractivity (Wildman–Crippen MR) is 151 cm³/mol. The third-order valence-electron chi connectivity index (χ3n) is 6.66. The lowest BCUT2D eigenvalue weighted by Gasteiger charge is -2.31. The Morgan fingerprint density at radius 3 is 2.71 bits per heavy atom. The molecular weight excluding hydrogens is 502 g/mol. The molecule has 0 radical (unpaired) electrons. The van der Waals surface area contributed by atoms with Crippen molar-refractivity contribution in [2.45, 2.75) is 6.54 Å². The van der Waals surface area contributed by atoms with Crippen LogP contribution in [0, 0.1) is 0 Å². The largest absolute Gasteiger partial charge is 0.497 e.